The van der Waals surface area contributed by atoms with E-state index in [4.69, 9.17) is 0 Å². The normalized spacial score (nSPS) is 15.9. The van der Waals surface area contributed by atoms with Gasteiger partial charge in [0.15, 0.2) is 10.8 Å². The van der Waals surface area contributed by atoms with E-state index in [9.17, 15) is 5.26 Å². The van der Waals surface area contributed by atoms with Gasteiger partial charge in [-0.3, -0.25) is 4.40 Å². The maximum absolute atomic E-state index is 9.18. The second-order valence-corrected chi connectivity index (χ2v) is 6.14. The maximum Gasteiger partial charge on any atom is 0.195 e. The molecule has 0 fully saturated rings. The molecular formula is C13H17N5S. The van der Waals surface area contributed by atoms with Gasteiger partial charge in [0.25, 0.3) is 0 Å². The summed E-state index contributed by atoms with van der Waals surface area (Å²) in [5.74, 6) is 0. The molecule has 0 aliphatic heterocycles. The van der Waals surface area contributed by atoms with Gasteiger partial charge in [0.2, 0.25) is 0 Å². The second kappa shape index (κ2) is 5.59. The minimum Gasteiger partial charge on any atom is -0.303 e. The number of rotatable bonds is 5. The SMILES string of the molecule is CNC(C)(C#N)CC(C)Sc1nnc2ccccn12. The molecule has 0 amide bonds. The number of nitrogens with zero attached hydrogens (tertiary/aromatic N) is 4. The third-order valence-corrected chi connectivity index (χ3v) is 4.14. The van der Waals surface area contributed by atoms with Crippen LogP contribution in [0.3, 0.4) is 0 Å². The van der Waals surface area contributed by atoms with Crippen molar-refractivity contribution in [3.8, 4) is 6.07 Å². The maximum atomic E-state index is 9.18. The molecule has 2 atom stereocenters. The first-order valence-corrected chi connectivity index (χ1v) is 7.02. The minimum atomic E-state index is -0.507. The number of nitriles is 1. The van der Waals surface area contributed by atoms with Crippen LogP contribution in [0.5, 0.6) is 0 Å². The van der Waals surface area contributed by atoms with Crippen molar-refractivity contribution in [2.75, 3.05) is 7.05 Å². The third kappa shape index (κ3) is 3.06. The molecule has 0 aliphatic rings. The van der Waals surface area contributed by atoms with Crippen LogP contribution in [0, 0.1) is 11.3 Å². The van der Waals surface area contributed by atoms with Crippen molar-refractivity contribution in [1.29, 1.82) is 5.26 Å². The molecule has 0 aromatic carbocycles. The van der Waals surface area contributed by atoms with Gasteiger partial charge in [-0.1, -0.05) is 24.8 Å². The Bertz CT molecular complexity index is 602. The lowest BCUT2D eigenvalue weighted by atomic mass is 9.98. The fourth-order valence-corrected chi connectivity index (χ4v) is 3.03. The number of pyridine rings is 1. The van der Waals surface area contributed by atoms with Crippen LogP contribution in [-0.4, -0.2) is 32.4 Å². The van der Waals surface area contributed by atoms with Crippen LogP contribution in [0.15, 0.2) is 29.6 Å². The summed E-state index contributed by atoms with van der Waals surface area (Å²) >= 11 is 1.64. The van der Waals surface area contributed by atoms with Gasteiger partial charge >= 0.3 is 0 Å². The van der Waals surface area contributed by atoms with Gasteiger partial charge in [-0.15, -0.1) is 10.2 Å². The van der Waals surface area contributed by atoms with E-state index < -0.39 is 5.54 Å². The molecule has 0 spiro atoms. The zero-order valence-electron chi connectivity index (χ0n) is 11.3. The van der Waals surface area contributed by atoms with E-state index in [2.05, 4.69) is 28.5 Å². The summed E-state index contributed by atoms with van der Waals surface area (Å²) in [6.07, 6.45) is 2.69. The first kappa shape index (κ1) is 13.8. The summed E-state index contributed by atoms with van der Waals surface area (Å²) in [5.41, 5.74) is 0.335. The van der Waals surface area contributed by atoms with Gasteiger partial charge in [0.1, 0.15) is 5.54 Å². The average Bonchev–Trinajstić information content (AvgIpc) is 2.82. The van der Waals surface area contributed by atoms with Gasteiger partial charge in [0.05, 0.1) is 6.07 Å². The van der Waals surface area contributed by atoms with E-state index in [1.54, 1.807) is 11.8 Å². The zero-order chi connectivity index (χ0) is 13.9. The molecule has 5 nitrogen and oxygen atoms in total. The summed E-state index contributed by atoms with van der Waals surface area (Å²) < 4.78 is 1.96. The molecule has 2 heterocycles. The molecule has 2 aromatic heterocycles. The average molecular weight is 275 g/mol. The van der Waals surface area contributed by atoms with Crippen LogP contribution in [0.2, 0.25) is 0 Å². The van der Waals surface area contributed by atoms with Gasteiger partial charge in [-0.05, 0) is 32.5 Å². The second-order valence-electron chi connectivity index (χ2n) is 4.74. The molecule has 1 N–H and O–H groups in total. The summed E-state index contributed by atoms with van der Waals surface area (Å²) in [5, 5.41) is 21.7. The fourth-order valence-electron chi connectivity index (χ4n) is 1.90. The topological polar surface area (TPSA) is 66.0 Å². The summed E-state index contributed by atoms with van der Waals surface area (Å²) in [6, 6.07) is 8.13. The highest BCUT2D eigenvalue weighted by atomic mass is 32.2. The molecule has 2 aromatic rings. The fraction of sp³-hybridized carbons (Fsp3) is 0.462. The van der Waals surface area contributed by atoms with E-state index in [0.29, 0.717) is 0 Å². The predicted octanol–water partition coefficient (Wildman–Crippen LogP) is 2.10. The van der Waals surface area contributed by atoms with Crippen LogP contribution in [0.4, 0.5) is 0 Å². The Balaban J connectivity index is 2.11. The molecular weight excluding hydrogens is 258 g/mol. The first-order chi connectivity index (χ1) is 9.08. The number of fused-ring (bicyclic) bond motifs is 1. The van der Waals surface area contributed by atoms with Gasteiger partial charge in [0, 0.05) is 11.4 Å². The van der Waals surface area contributed by atoms with Crippen LogP contribution in [0.1, 0.15) is 20.3 Å². The number of hydrogen-bond acceptors (Lipinski definition) is 5. The van der Waals surface area contributed by atoms with Crippen molar-refractivity contribution in [2.24, 2.45) is 0 Å². The van der Waals surface area contributed by atoms with Crippen molar-refractivity contribution in [3.05, 3.63) is 24.4 Å². The molecule has 0 saturated carbocycles. The Morgan fingerprint density at radius 1 is 1.53 bits per heavy atom. The van der Waals surface area contributed by atoms with E-state index in [0.717, 1.165) is 17.2 Å². The molecule has 19 heavy (non-hydrogen) atoms. The molecule has 6 heteroatoms. The highest BCUT2D eigenvalue weighted by Gasteiger charge is 2.25. The van der Waals surface area contributed by atoms with Gasteiger partial charge in [-0.25, -0.2) is 0 Å². The molecule has 0 radical (unpaired) electrons. The summed E-state index contributed by atoms with van der Waals surface area (Å²) in [6.45, 7) is 4.01. The number of thioether (sulfide) groups is 1. The highest BCUT2D eigenvalue weighted by Crippen LogP contribution is 2.27. The van der Waals surface area contributed by atoms with Crippen LogP contribution >= 0.6 is 11.8 Å². The van der Waals surface area contributed by atoms with Crippen LogP contribution in [0.25, 0.3) is 5.65 Å². The quantitative estimate of drug-likeness (QED) is 0.846. The Kier molecular flexibility index (Phi) is 4.08. The van der Waals surface area contributed by atoms with Crippen LogP contribution < -0.4 is 5.32 Å². The van der Waals surface area contributed by atoms with Crippen LogP contribution in [-0.2, 0) is 0 Å². The lowest BCUT2D eigenvalue weighted by Crippen LogP contribution is -2.40. The molecule has 0 aliphatic carbocycles. The van der Waals surface area contributed by atoms with Crippen molar-refractivity contribution in [2.45, 2.75) is 36.2 Å². The third-order valence-electron chi connectivity index (χ3n) is 3.08. The standard InChI is InChI=1S/C13H17N5S/c1-10(8-13(2,9-14)15-3)19-12-17-16-11-6-4-5-7-18(11)12/h4-7,10,15H,8H2,1-3H3. The Morgan fingerprint density at radius 3 is 3.00 bits per heavy atom. The monoisotopic (exact) mass is 275 g/mol. The van der Waals surface area contributed by atoms with E-state index >= 15 is 0 Å². The van der Waals surface area contributed by atoms with Gasteiger partial charge in [-0.2, -0.15) is 5.26 Å². The molecule has 2 rings (SSSR count). The van der Waals surface area contributed by atoms with Crippen molar-refractivity contribution in [3.63, 3.8) is 0 Å². The largest absolute Gasteiger partial charge is 0.303 e. The summed E-state index contributed by atoms with van der Waals surface area (Å²) in [4.78, 5) is 0. The van der Waals surface area contributed by atoms with E-state index in [-0.39, 0.29) is 5.25 Å². The minimum absolute atomic E-state index is 0.268. The smallest absolute Gasteiger partial charge is 0.195 e. The Labute approximate surface area is 117 Å². The van der Waals surface area contributed by atoms with E-state index in [1.165, 1.54) is 0 Å². The predicted molar refractivity (Wildman–Crippen MR) is 76.0 cm³/mol. The van der Waals surface area contributed by atoms with Crippen molar-refractivity contribution in [1.82, 2.24) is 19.9 Å². The Hall–Kier alpha value is -1.58. The zero-order valence-corrected chi connectivity index (χ0v) is 12.1. The van der Waals surface area contributed by atoms with Crippen molar-refractivity contribution < 1.29 is 0 Å². The first-order valence-electron chi connectivity index (χ1n) is 6.14. The lowest BCUT2D eigenvalue weighted by molar-refractivity contribution is 0.455. The lowest BCUT2D eigenvalue weighted by Gasteiger charge is -2.23. The Morgan fingerprint density at radius 2 is 2.32 bits per heavy atom. The molecule has 100 valence electrons. The molecule has 0 saturated heterocycles. The molecule has 2 unspecified atom stereocenters. The number of nitrogens with one attached hydrogen (secondary N) is 1. The van der Waals surface area contributed by atoms with E-state index in [1.807, 2.05) is 42.8 Å². The number of aromatic nitrogens is 3. The molecule has 0 bridgehead atoms. The van der Waals surface area contributed by atoms with Gasteiger partial charge < -0.3 is 5.32 Å². The van der Waals surface area contributed by atoms with Crippen molar-refractivity contribution >= 4 is 17.4 Å². The number of hydrogen-bond donors (Lipinski definition) is 1. The summed E-state index contributed by atoms with van der Waals surface area (Å²) in [7, 11) is 1.81. The highest BCUT2D eigenvalue weighted by molar-refractivity contribution is 7.99.